The number of aromatic nitrogens is 1. The fraction of sp³-hybridized carbons (Fsp3) is 0.167. The van der Waals surface area contributed by atoms with Crippen LogP contribution >= 0.6 is 0 Å². The highest BCUT2D eigenvalue weighted by Crippen LogP contribution is 2.31. The standard InChI is InChI=1S/C24H23NO/c1-3-20-16-22-23(14-9-15-24(22)26-2)25(20)17-19-12-7-8-13-21(19)18-10-5-4-6-11-18/h4-16H,3,17H2,1-2H3. The van der Waals surface area contributed by atoms with Crippen molar-refractivity contribution in [3.8, 4) is 16.9 Å². The van der Waals surface area contributed by atoms with Crippen LogP contribution in [-0.4, -0.2) is 11.7 Å². The lowest BCUT2D eigenvalue weighted by Crippen LogP contribution is -2.04. The molecule has 0 atom stereocenters. The van der Waals surface area contributed by atoms with Crippen LogP contribution in [0.4, 0.5) is 0 Å². The maximum absolute atomic E-state index is 5.57. The van der Waals surface area contributed by atoms with E-state index in [0.29, 0.717) is 0 Å². The molecule has 26 heavy (non-hydrogen) atoms. The van der Waals surface area contributed by atoms with Gasteiger partial charge in [0.15, 0.2) is 0 Å². The summed E-state index contributed by atoms with van der Waals surface area (Å²) in [5.74, 6) is 0.937. The van der Waals surface area contributed by atoms with Crippen molar-refractivity contribution in [1.82, 2.24) is 4.57 Å². The molecule has 0 saturated heterocycles. The molecule has 0 aliphatic heterocycles. The molecule has 2 heteroatoms. The molecular formula is C24H23NO. The van der Waals surface area contributed by atoms with E-state index >= 15 is 0 Å². The topological polar surface area (TPSA) is 14.2 Å². The number of hydrogen-bond acceptors (Lipinski definition) is 1. The zero-order chi connectivity index (χ0) is 17.9. The summed E-state index contributed by atoms with van der Waals surface area (Å²) in [7, 11) is 1.74. The third-order valence-electron chi connectivity index (χ3n) is 5.00. The van der Waals surface area contributed by atoms with E-state index in [1.165, 1.54) is 33.3 Å². The molecule has 0 bridgehead atoms. The first kappa shape index (κ1) is 16.5. The molecule has 0 fully saturated rings. The molecule has 130 valence electrons. The van der Waals surface area contributed by atoms with E-state index in [0.717, 1.165) is 18.7 Å². The van der Waals surface area contributed by atoms with Crippen molar-refractivity contribution >= 4 is 10.9 Å². The second kappa shape index (κ2) is 7.09. The molecule has 0 radical (unpaired) electrons. The highest BCUT2D eigenvalue weighted by Gasteiger charge is 2.13. The van der Waals surface area contributed by atoms with Crippen LogP contribution in [0, 0.1) is 0 Å². The van der Waals surface area contributed by atoms with E-state index in [1.807, 2.05) is 6.07 Å². The number of rotatable bonds is 5. The smallest absolute Gasteiger partial charge is 0.128 e. The highest BCUT2D eigenvalue weighted by atomic mass is 16.5. The normalized spacial score (nSPS) is 11.0. The molecule has 1 aromatic heterocycles. The summed E-state index contributed by atoms with van der Waals surface area (Å²) >= 11 is 0. The Balaban J connectivity index is 1.84. The predicted octanol–water partition coefficient (Wildman–Crippen LogP) is 5.93. The zero-order valence-corrected chi connectivity index (χ0v) is 15.3. The zero-order valence-electron chi connectivity index (χ0n) is 15.3. The second-order valence-electron chi connectivity index (χ2n) is 6.49. The van der Waals surface area contributed by atoms with E-state index < -0.39 is 0 Å². The van der Waals surface area contributed by atoms with Gasteiger partial charge in [0.05, 0.1) is 12.6 Å². The molecule has 4 rings (SSSR count). The Morgan fingerprint density at radius 2 is 1.62 bits per heavy atom. The van der Waals surface area contributed by atoms with Gasteiger partial charge >= 0.3 is 0 Å². The van der Waals surface area contributed by atoms with Crippen LogP contribution in [0.1, 0.15) is 18.2 Å². The van der Waals surface area contributed by atoms with Crippen LogP contribution in [0.25, 0.3) is 22.0 Å². The third-order valence-corrected chi connectivity index (χ3v) is 5.00. The molecule has 0 amide bonds. The van der Waals surface area contributed by atoms with Gasteiger partial charge in [0, 0.05) is 17.6 Å². The van der Waals surface area contributed by atoms with Crippen LogP contribution in [0.3, 0.4) is 0 Å². The van der Waals surface area contributed by atoms with Crippen LogP contribution in [0.5, 0.6) is 5.75 Å². The summed E-state index contributed by atoms with van der Waals surface area (Å²) in [6.45, 7) is 3.06. The molecule has 2 nitrogen and oxygen atoms in total. The lowest BCUT2D eigenvalue weighted by Gasteiger charge is -2.14. The van der Waals surface area contributed by atoms with Gasteiger partial charge in [-0.15, -0.1) is 0 Å². The number of aryl methyl sites for hydroxylation is 1. The predicted molar refractivity (Wildman–Crippen MR) is 109 cm³/mol. The average molecular weight is 341 g/mol. The van der Waals surface area contributed by atoms with Gasteiger partial charge in [-0.25, -0.2) is 0 Å². The van der Waals surface area contributed by atoms with Crippen molar-refractivity contribution in [2.24, 2.45) is 0 Å². The fourth-order valence-corrected chi connectivity index (χ4v) is 3.70. The van der Waals surface area contributed by atoms with Crippen LogP contribution in [0.2, 0.25) is 0 Å². The SMILES string of the molecule is CCc1cc2c(OC)cccc2n1Cc1ccccc1-c1ccccc1. The maximum Gasteiger partial charge on any atom is 0.128 e. The fourth-order valence-electron chi connectivity index (χ4n) is 3.70. The van der Waals surface area contributed by atoms with Crippen molar-refractivity contribution in [3.63, 3.8) is 0 Å². The van der Waals surface area contributed by atoms with Gasteiger partial charge in [-0.05, 0) is 41.3 Å². The Labute approximate surface area is 154 Å². The molecule has 0 N–H and O–H groups in total. The summed E-state index contributed by atoms with van der Waals surface area (Å²) in [5, 5.41) is 1.18. The molecule has 0 aliphatic carbocycles. The monoisotopic (exact) mass is 341 g/mol. The molecule has 4 aromatic rings. The summed E-state index contributed by atoms with van der Waals surface area (Å²) in [5.41, 5.74) is 6.43. The number of hydrogen-bond donors (Lipinski definition) is 0. The molecular weight excluding hydrogens is 318 g/mol. The number of benzene rings is 3. The van der Waals surface area contributed by atoms with E-state index in [9.17, 15) is 0 Å². The van der Waals surface area contributed by atoms with E-state index in [2.05, 4.69) is 84.3 Å². The minimum atomic E-state index is 0.852. The molecule has 3 aromatic carbocycles. The van der Waals surface area contributed by atoms with E-state index in [4.69, 9.17) is 4.74 Å². The van der Waals surface area contributed by atoms with Gasteiger partial charge in [0.25, 0.3) is 0 Å². The largest absolute Gasteiger partial charge is 0.496 e. The minimum absolute atomic E-state index is 0.852. The van der Waals surface area contributed by atoms with Crippen molar-refractivity contribution in [2.75, 3.05) is 7.11 Å². The first-order valence-electron chi connectivity index (χ1n) is 9.10. The van der Waals surface area contributed by atoms with Gasteiger partial charge in [0.2, 0.25) is 0 Å². The first-order chi connectivity index (χ1) is 12.8. The number of methoxy groups -OCH3 is 1. The van der Waals surface area contributed by atoms with Crippen molar-refractivity contribution < 1.29 is 4.74 Å². The summed E-state index contributed by atoms with van der Waals surface area (Å²) in [6, 6.07) is 27.8. The Hall–Kier alpha value is -3.00. The Morgan fingerprint density at radius 1 is 0.846 bits per heavy atom. The van der Waals surface area contributed by atoms with Crippen LogP contribution in [-0.2, 0) is 13.0 Å². The van der Waals surface area contributed by atoms with Gasteiger partial charge < -0.3 is 9.30 Å². The Morgan fingerprint density at radius 3 is 2.38 bits per heavy atom. The lowest BCUT2D eigenvalue weighted by atomic mass is 9.99. The average Bonchev–Trinajstić information content (AvgIpc) is 3.07. The Bertz CT molecular complexity index is 1030. The van der Waals surface area contributed by atoms with Crippen molar-refractivity contribution in [3.05, 3.63) is 90.1 Å². The second-order valence-corrected chi connectivity index (χ2v) is 6.49. The summed E-state index contributed by atoms with van der Waals surface area (Å²) < 4.78 is 7.99. The van der Waals surface area contributed by atoms with Gasteiger partial charge in [-0.2, -0.15) is 0 Å². The molecule has 0 saturated carbocycles. The molecule has 0 spiro atoms. The minimum Gasteiger partial charge on any atom is -0.496 e. The molecule has 0 aliphatic rings. The van der Waals surface area contributed by atoms with Gasteiger partial charge in [0.1, 0.15) is 5.75 Å². The van der Waals surface area contributed by atoms with E-state index in [1.54, 1.807) is 7.11 Å². The summed E-state index contributed by atoms with van der Waals surface area (Å²) in [4.78, 5) is 0. The van der Waals surface area contributed by atoms with Crippen LogP contribution in [0.15, 0.2) is 78.9 Å². The van der Waals surface area contributed by atoms with Crippen molar-refractivity contribution in [2.45, 2.75) is 19.9 Å². The highest BCUT2D eigenvalue weighted by molar-refractivity contribution is 5.87. The number of fused-ring (bicyclic) bond motifs is 1. The van der Waals surface area contributed by atoms with E-state index in [-0.39, 0.29) is 0 Å². The number of nitrogens with zero attached hydrogens (tertiary/aromatic N) is 1. The van der Waals surface area contributed by atoms with Crippen molar-refractivity contribution in [1.29, 1.82) is 0 Å². The third kappa shape index (κ3) is 2.88. The first-order valence-corrected chi connectivity index (χ1v) is 9.10. The Kier molecular flexibility index (Phi) is 4.49. The quantitative estimate of drug-likeness (QED) is 0.439. The molecule has 1 heterocycles. The van der Waals surface area contributed by atoms with Gasteiger partial charge in [-0.1, -0.05) is 67.6 Å². The molecule has 0 unspecified atom stereocenters. The van der Waals surface area contributed by atoms with Crippen LogP contribution < -0.4 is 4.74 Å². The van der Waals surface area contributed by atoms with Gasteiger partial charge in [-0.3, -0.25) is 0 Å². The lowest BCUT2D eigenvalue weighted by molar-refractivity contribution is 0.420. The maximum atomic E-state index is 5.57. The number of ether oxygens (including phenoxy) is 1. The summed E-state index contributed by atoms with van der Waals surface area (Å²) in [6.07, 6.45) is 0.991.